The molecule has 0 spiro atoms. The van der Waals surface area contributed by atoms with Gasteiger partial charge < -0.3 is 10.4 Å². The molecular formula is C26H20BrN3O. The maximum atomic E-state index is 9.08. The minimum absolute atomic E-state index is 0.148. The van der Waals surface area contributed by atoms with Crippen LogP contribution in [0.25, 0.3) is 32.8 Å². The predicted octanol–water partition coefficient (Wildman–Crippen LogP) is 6.49. The summed E-state index contributed by atoms with van der Waals surface area (Å²) in [5.41, 5.74) is 5.24. The van der Waals surface area contributed by atoms with Crippen LogP contribution >= 0.6 is 15.9 Å². The predicted molar refractivity (Wildman–Crippen MR) is 131 cm³/mol. The molecule has 5 rings (SSSR count). The van der Waals surface area contributed by atoms with Gasteiger partial charge in [0.2, 0.25) is 5.95 Å². The van der Waals surface area contributed by atoms with Crippen molar-refractivity contribution in [2.75, 3.05) is 11.9 Å². The molecule has 4 nitrogen and oxygen atoms in total. The normalized spacial score (nSPS) is 11.2. The molecule has 0 amide bonds. The first kappa shape index (κ1) is 19.7. The van der Waals surface area contributed by atoms with Crippen LogP contribution in [0.4, 0.5) is 11.6 Å². The average Bonchev–Trinajstić information content (AvgIpc) is 2.80. The van der Waals surface area contributed by atoms with Crippen molar-refractivity contribution >= 4 is 49.2 Å². The Kier molecular flexibility index (Phi) is 5.37. The fourth-order valence-electron chi connectivity index (χ4n) is 3.84. The van der Waals surface area contributed by atoms with Crippen LogP contribution in [0.2, 0.25) is 0 Å². The molecule has 4 aromatic carbocycles. The van der Waals surface area contributed by atoms with E-state index in [-0.39, 0.29) is 6.61 Å². The summed E-state index contributed by atoms with van der Waals surface area (Å²) in [5, 5.41) is 15.6. The summed E-state index contributed by atoms with van der Waals surface area (Å²) in [4.78, 5) is 9.39. The van der Waals surface area contributed by atoms with Crippen LogP contribution in [0.3, 0.4) is 0 Å². The van der Waals surface area contributed by atoms with Gasteiger partial charge >= 0.3 is 0 Å². The topological polar surface area (TPSA) is 58.0 Å². The number of fused-ring (bicyclic) bond motifs is 3. The maximum Gasteiger partial charge on any atom is 0.227 e. The number of benzene rings is 4. The molecule has 2 N–H and O–H groups in total. The number of aliphatic hydroxyl groups excluding tert-OH is 1. The second kappa shape index (κ2) is 8.46. The van der Waals surface area contributed by atoms with Crippen LogP contribution in [0.1, 0.15) is 5.56 Å². The van der Waals surface area contributed by atoms with E-state index in [1.165, 1.54) is 0 Å². The fraction of sp³-hybridized carbons (Fsp3) is 0.0769. The van der Waals surface area contributed by atoms with Crippen molar-refractivity contribution in [3.8, 4) is 11.1 Å². The van der Waals surface area contributed by atoms with E-state index >= 15 is 0 Å². The van der Waals surface area contributed by atoms with Crippen molar-refractivity contribution in [1.29, 1.82) is 0 Å². The van der Waals surface area contributed by atoms with Gasteiger partial charge in [-0.25, -0.2) is 9.97 Å². The highest BCUT2D eigenvalue weighted by Crippen LogP contribution is 2.35. The van der Waals surface area contributed by atoms with Crippen LogP contribution in [0.15, 0.2) is 89.5 Å². The smallest absolute Gasteiger partial charge is 0.227 e. The SMILES string of the molecule is OCCc1ccc(Nc2ncc3cc(-c4cccc(Br)c4)c4ccccc4c3n2)cc1. The Morgan fingerprint density at radius 3 is 2.45 bits per heavy atom. The first-order valence-corrected chi connectivity index (χ1v) is 10.9. The summed E-state index contributed by atoms with van der Waals surface area (Å²) in [6.07, 6.45) is 2.53. The van der Waals surface area contributed by atoms with Crippen molar-refractivity contribution in [2.24, 2.45) is 0 Å². The van der Waals surface area contributed by atoms with Crippen molar-refractivity contribution in [3.05, 3.63) is 95.1 Å². The highest BCUT2D eigenvalue weighted by molar-refractivity contribution is 9.10. The lowest BCUT2D eigenvalue weighted by atomic mass is 9.96. The Balaban J connectivity index is 1.59. The van der Waals surface area contributed by atoms with E-state index in [1.54, 1.807) is 0 Å². The maximum absolute atomic E-state index is 9.08. The van der Waals surface area contributed by atoms with Gasteiger partial charge in [0.15, 0.2) is 0 Å². The number of aromatic nitrogens is 2. The second-order valence-corrected chi connectivity index (χ2v) is 8.32. The number of halogens is 1. The lowest BCUT2D eigenvalue weighted by Gasteiger charge is -2.12. The molecule has 5 aromatic rings. The summed E-state index contributed by atoms with van der Waals surface area (Å²) in [7, 11) is 0. The van der Waals surface area contributed by atoms with Gasteiger partial charge in [0, 0.05) is 33.7 Å². The van der Waals surface area contributed by atoms with Crippen LogP contribution in [-0.2, 0) is 6.42 Å². The third-order valence-corrected chi connectivity index (χ3v) is 5.83. The summed E-state index contributed by atoms with van der Waals surface area (Å²) in [6.45, 7) is 0.148. The van der Waals surface area contributed by atoms with Gasteiger partial charge in [0.25, 0.3) is 0 Å². The minimum Gasteiger partial charge on any atom is -0.396 e. The molecule has 152 valence electrons. The fourth-order valence-corrected chi connectivity index (χ4v) is 4.24. The summed E-state index contributed by atoms with van der Waals surface area (Å²) in [6, 6.07) is 26.8. The van der Waals surface area contributed by atoms with Crippen molar-refractivity contribution in [2.45, 2.75) is 6.42 Å². The van der Waals surface area contributed by atoms with Gasteiger partial charge in [-0.05, 0) is 58.8 Å². The molecule has 0 saturated heterocycles. The van der Waals surface area contributed by atoms with Gasteiger partial charge in [0.05, 0.1) is 5.52 Å². The Morgan fingerprint density at radius 2 is 1.68 bits per heavy atom. The number of hydrogen-bond acceptors (Lipinski definition) is 4. The number of nitrogens with one attached hydrogen (secondary N) is 1. The van der Waals surface area contributed by atoms with Crippen molar-refractivity contribution in [3.63, 3.8) is 0 Å². The number of rotatable bonds is 5. The quantitative estimate of drug-likeness (QED) is 0.288. The molecule has 0 bridgehead atoms. The third-order valence-electron chi connectivity index (χ3n) is 5.34. The monoisotopic (exact) mass is 469 g/mol. The third kappa shape index (κ3) is 4.02. The number of nitrogens with zero attached hydrogens (tertiary/aromatic N) is 2. The van der Waals surface area contributed by atoms with E-state index in [9.17, 15) is 0 Å². The van der Waals surface area contributed by atoms with E-state index < -0.39 is 0 Å². The lowest BCUT2D eigenvalue weighted by molar-refractivity contribution is 0.299. The van der Waals surface area contributed by atoms with E-state index in [0.717, 1.165) is 48.5 Å². The van der Waals surface area contributed by atoms with E-state index in [1.807, 2.05) is 48.7 Å². The Morgan fingerprint density at radius 1 is 0.871 bits per heavy atom. The standard InChI is InChI=1S/C26H20BrN3O/c27-20-5-3-4-18(14-20)24-15-19-16-28-26(29-21-10-8-17(9-11-21)12-13-31)30-25(19)23-7-2-1-6-22(23)24/h1-11,14-16,31H,12-13H2,(H,28,29,30). The molecule has 0 radical (unpaired) electrons. The molecule has 0 atom stereocenters. The van der Waals surface area contributed by atoms with Crippen LogP contribution in [0.5, 0.6) is 0 Å². The van der Waals surface area contributed by atoms with Gasteiger partial charge in [-0.15, -0.1) is 0 Å². The largest absolute Gasteiger partial charge is 0.396 e. The van der Waals surface area contributed by atoms with E-state index in [2.05, 4.69) is 62.6 Å². The van der Waals surface area contributed by atoms with E-state index in [4.69, 9.17) is 10.1 Å². The van der Waals surface area contributed by atoms with Crippen molar-refractivity contribution < 1.29 is 5.11 Å². The number of aliphatic hydroxyl groups is 1. The average molecular weight is 470 g/mol. The molecular weight excluding hydrogens is 450 g/mol. The molecule has 0 fully saturated rings. The van der Waals surface area contributed by atoms with Crippen molar-refractivity contribution in [1.82, 2.24) is 9.97 Å². The Hall–Kier alpha value is -3.28. The highest BCUT2D eigenvalue weighted by Gasteiger charge is 2.11. The van der Waals surface area contributed by atoms with Crippen LogP contribution in [-0.4, -0.2) is 21.7 Å². The van der Waals surface area contributed by atoms with Crippen LogP contribution < -0.4 is 5.32 Å². The van der Waals surface area contributed by atoms with Gasteiger partial charge in [0.1, 0.15) is 0 Å². The Bertz CT molecular complexity index is 1380. The van der Waals surface area contributed by atoms with Gasteiger partial charge in [-0.3, -0.25) is 0 Å². The molecule has 0 unspecified atom stereocenters. The van der Waals surface area contributed by atoms with Crippen LogP contribution in [0, 0.1) is 0 Å². The molecule has 0 saturated carbocycles. The molecule has 0 aliphatic carbocycles. The summed E-state index contributed by atoms with van der Waals surface area (Å²) in [5.74, 6) is 0.558. The lowest BCUT2D eigenvalue weighted by Crippen LogP contribution is -1.98. The summed E-state index contributed by atoms with van der Waals surface area (Å²) < 4.78 is 1.05. The molecule has 0 aliphatic heterocycles. The zero-order valence-electron chi connectivity index (χ0n) is 16.7. The van der Waals surface area contributed by atoms with Gasteiger partial charge in [-0.1, -0.05) is 64.5 Å². The zero-order valence-corrected chi connectivity index (χ0v) is 18.3. The molecule has 1 heterocycles. The van der Waals surface area contributed by atoms with E-state index in [0.29, 0.717) is 12.4 Å². The summed E-state index contributed by atoms with van der Waals surface area (Å²) >= 11 is 3.58. The second-order valence-electron chi connectivity index (χ2n) is 7.41. The molecule has 31 heavy (non-hydrogen) atoms. The number of hydrogen-bond donors (Lipinski definition) is 2. The Labute approximate surface area is 188 Å². The first-order valence-electron chi connectivity index (χ1n) is 10.1. The molecule has 1 aromatic heterocycles. The first-order chi connectivity index (χ1) is 15.2. The molecule has 5 heteroatoms. The molecule has 0 aliphatic rings. The number of anilines is 2. The van der Waals surface area contributed by atoms with Gasteiger partial charge in [-0.2, -0.15) is 0 Å². The highest BCUT2D eigenvalue weighted by atomic mass is 79.9. The minimum atomic E-state index is 0.148. The zero-order chi connectivity index (χ0) is 21.2.